The molecule has 5 fully saturated rings. The highest BCUT2D eigenvalue weighted by atomic mass is 32.2. The van der Waals surface area contributed by atoms with Gasteiger partial charge in [0.25, 0.3) is 10.1 Å². The zero-order chi connectivity index (χ0) is 26.8. The molecule has 212 valence electrons. The lowest BCUT2D eigenvalue weighted by Crippen LogP contribution is -2.58. The Morgan fingerprint density at radius 3 is 2.51 bits per heavy atom. The van der Waals surface area contributed by atoms with Crippen LogP contribution in [0, 0.1) is 46.3 Å². The third-order valence-corrected chi connectivity index (χ3v) is 13.2. The normalized spacial score (nSPS) is 46.7. The Bertz CT molecular complexity index is 971. The minimum absolute atomic E-state index is 0.00677. The number of fused-ring (bicyclic) bond motifs is 5. The third-order valence-electron chi connectivity index (χ3n) is 12.4. The van der Waals surface area contributed by atoms with Crippen LogP contribution in [-0.4, -0.2) is 64.5 Å². The van der Waals surface area contributed by atoms with Gasteiger partial charge in [-0.2, -0.15) is 8.42 Å². The molecule has 5 rings (SSSR count). The maximum Gasteiger partial charge on any atom is 0.266 e. The van der Waals surface area contributed by atoms with Gasteiger partial charge in [-0.05, 0) is 117 Å². The predicted molar refractivity (Wildman–Crippen MR) is 142 cm³/mol. The molecule has 5 aliphatic rings. The van der Waals surface area contributed by atoms with Crippen LogP contribution in [0.25, 0.3) is 0 Å². The van der Waals surface area contributed by atoms with Gasteiger partial charge in [-0.25, -0.2) is 0 Å². The van der Waals surface area contributed by atoms with E-state index in [1.165, 1.54) is 12.8 Å². The summed E-state index contributed by atoms with van der Waals surface area (Å²) in [5.74, 6) is 2.60. The van der Waals surface area contributed by atoms with Crippen molar-refractivity contribution in [3.8, 4) is 0 Å². The first-order valence-corrected chi connectivity index (χ1v) is 16.6. The lowest BCUT2D eigenvalue weighted by molar-refractivity contribution is -0.175. The van der Waals surface area contributed by atoms with Crippen LogP contribution < -0.4 is 0 Å². The van der Waals surface area contributed by atoms with Gasteiger partial charge in [0.2, 0.25) is 5.91 Å². The van der Waals surface area contributed by atoms with Gasteiger partial charge in [0.1, 0.15) is 0 Å². The van der Waals surface area contributed by atoms with Crippen molar-refractivity contribution in [2.24, 2.45) is 46.3 Å². The van der Waals surface area contributed by atoms with Crippen molar-refractivity contribution < 1.29 is 28.0 Å². The summed E-state index contributed by atoms with van der Waals surface area (Å²) < 4.78 is 32.1. The Balaban J connectivity index is 1.24. The van der Waals surface area contributed by atoms with Crippen LogP contribution in [0.5, 0.6) is 0 Å². The molecule has 0 aromatic heterocycles. The monoisotopic (exact) mass is 539 g/mol. The van der Waals surface area contributed by atoms with Crippen molar-refractivity contribution in [3.63, 3.8) is 0 Å². The largest absolute Gasteiger partial charge is 0.393 e. The molecule has 8 heteroatoms. The number of aliphatic hydroxyl groups excluding tert-OH is 2. The molecule has 1 amide bonds. The standard InChI is InChI=1S/C29H49NO6S/c1-18(6-11-27(33)30-14-4-5-20(30)17-37(34,35)36)23-9-10-24-22-8-7-19-15-21(31)12-13-28(19,2)25(22)16-26(32)29(23,24)3/h18-26,31-32H,4-17H2,1-3H3,(H,34,35,36). The fourth-order valence-electron chi connectivity index (χ4n) is 10.4. The highest BCUT2D eigenvalue weighted by Crippen LogP contribution is 2.68. The molecule has 11 atom stereocenters. The lowest BCUT2D eigenvalue weighted by Gasteiger charge is -2.62. The summed E-state index contributed by atoms with van der Waals surface area (Å²) in [6.07, 6.45) is 10.5. The van der Waals surface area contributed by atoms with Crippen molar-refractivity contribution >= 4 is 16.0 Å². The van der Waals surface area contributed by atoms with E-state index >= 15 is 0 Å². The topological polar surface area (TPSA) is 115 Å². The van der Waals surface area contributed by atoms with Crippen LogP contribution in [0.15, 0.2) is 0 Å². The van der Waals surface area contributed by atoms with E-state index in [-0.39, 0.29) is 34.7 Å². The number of hydrogen-bond acceptors (Lipinski definition) is 5. The van der Waals surface area contributed by atoms with Gasteiger partial charge in [0.05, 0.1) is 18.0 Å². The molecule has 3 N–H and O–H groups in total. The molecular formula is C29H49NO6S. The molecule has 0 bridgehead atoms. The predicted octanol–water partition coefficient (Wildman–Crippen LogP) is 4.27. The molecule has 0 radical (unpaired) electrons. The molecule has 11 unspecified atom stereocenters. The summed E-state index contributed by atoms with van der Waals surface area (Å²) in [6.45, 7) is 7.58. The number of carbonyl (C=O) groups excluding carboxylic acids is 1. The number of aliphatic hydroxyl groups is 2. The van der Waals surface area contributed by atoms with Crippen molar-refractivity contribution in [1.82, 2.24) is 4.90 Å². The van der Waals surface area contributed by atoms with Crippen molar-refractivity contribution in [2.75, 3.05) is 12.3 Å². The maximum atomic E-state index is 13.1. The van der Waals surface area contributed by atoms with E-state index in [9.17, 15) is 28.0 Å². The Hall–Kier alpha value is -0.700. The minimum Gasteiger partial charge on any atom is -0.393 e. The number of carbonyl (C=O) groups is 1. The molecule has 1 saturated heterocycles. The second-order valence-corrected chi connectivity index (χ2v) is 15.5. The van der Waals surface area contributed by atoms with Crippen LogP contribution in [0.4, 0.5) is 0 Å². The fourth-order valence-corrected chi connectivity index (χ4v) is 11.3. The molecule has 0 aromatic rings. The van der Waals surface area contributed by atoms with Crippen LogP contribution in [-0.2, 0) is 14.9 Å². The summed E-state index contributed by atoms with van der Waals surface area (Å²) >= 11 is 0. The number of amides is 1. The number of likely N-dealkylation sites (tertiary alicyclic amines) is 1. The average Bonchev–Trinajstić information content (AvgIpc) is 3.42. The molecule has 37 heavy (non-hydrogen) atoms. The van der Waals surface area contributed by atoms with E-state index in [0.717, 1.165) is 51.4 Å². The summed E-state index contributed by atoms with van der Waals surface area (Å²) in [5, 5.41) is 22.0. The first-order valence-electron chi connectivity index (χ1n) is 14.9. The molecule has 4 saturated carbocycles. The molecule has 4 aliphatic carbocycles. The maximum absolute atomic E-state index is 13.1. The quantitative estimate of drug-likeness (QED) is 0.434. The first-order chi connectivity index (χ1) is 17.3. The van der Waals surface area contributed by atoms with E-state index in [4.69, 9.17) is 0 Å². The molecular weight excluding hydrogens is 490 g/mol. The summed E-state index contributed by atoms with van der Waals surface area (Å²) in [4.78, 5) is 14.7. The van der Waals surface area contributed by atoms with Crippen molar-refractivity contribution in [3.05, 3.63) is 0 Å². The smallest absolute Gasteiger partial charge is 0.266 e. The van der Waals surface area contributed by atoms with E-state index in [0.29, 0.717) is 54.9 Å². The van der Waals surface area contributed by atoms with Gasteiger partial charge < -0.3 is 15.1 Å². The van der Waals surface area contributed by atoms with Crippen LogP contribution in [0.1, 0.15) is 97.8 Å². The Kier molecular flexibility index (Phi) is 7.56. The third kappa shape index (κ3) is 4.91. The zero-order valence-electron chi connectivity index (χ0n) is 23.0. The number of hydrogen-bond donors (Lipinski definition) is 3. The highest BCUT2D eigenvalue weighted by molar-refractivity contribution is 7.85. The molecule has 1 aliphatic heterocycles. The van der Waals surface area contributed by atoms with Gasteiger partial charge in [0.15, 0.2) is 0 Å². The van der Waals surface area contributed by atoms with Crippen LogP contribution in [0.2, 0.25) is 0 Å². The summed E-state index contributed by atoms with van der Waals surface area (Å²) in [6, 6.07) is -0.416. The Labute approximate surface area is 223 Å². The van der Waals surface area contributed by atoms with E-state index in [2.05, 4.69) is 20.8 Å². The number of rotatable bonds is 6. The van der Waals surface area contributed by atoms with Crippen molar-refractivity contribution in [2.45, 2.75) is 116 Å². The summed E-state index contributed by atoms with van der Waals surface area (Å²) in [5.41, 5.74) is 0.108. The minimum atomic E-state index is -4.10. The Morgan fingerprint density at radius 1 is 1.03 bits per heavy atom. The zero-order valence-corrected chi connectivity index (χ0v) is 23.8. The van der Waals surface area contributed by atoms with Gasteiger partial charge in [-0.1, -0.05) is 20.8 Å². The van der Waals surface area contributed by atoms with E-state index in [1.807, 2.05) is 0 Å². The van der Waals surface area contributed by atoms with Crippen LogP contribution in [0.3, 0.4) is 0 Å². The van der Waals surface area contributed by atoms with Gasteiger partial charge in [0, 0.05) is 19.0 Å². The first kappa shape index (κ1) is 27.9. The SMILES string of the molecule is CC(CCC(=O)N1CCCC1CS(=O)(=O)O)C1CCC2C3CCC4CC(O)CCC4(C)C3CC(O)C12C. The van der Waals surface area contributed by atoms with Gasteiger partial charge >= 0.3 is 0 Å². The van der Waals surface area contributed by atoms with E-state index < -0.39 is 16.2 Å². The highest BCUT2D eigenvalue weighted by Gasteiger charge is 2.63. The lowest BCUT2D eigenvalue weighted by atomic mass is 9.43. The average molecular weight is 540 g/mol. The van der Waals surface area contributed by atoms with Gasteiger partial charge in [-0.3, -0.25) is 9.35 Å². The van der Waals surface area contributed by atoms with Crippen LogP contribution >= 0.6 is 0 Å². The second-order valence-electron chi connectivity index (χ2n) is 14.0. The Morgan fingerprint density at radius 2 is 1.78 bits per heavy atom. The van der Waals surface area contributed by atoms with Crippen molar-refractivity contribution in [1.29, 1.82) is 0 Å². The molecule has 1 heterocycles. The van der Waals surface area contributed by atoms with E-state index in [1.54, 1.807) is 4.90 Å². The summed E-state index contributed by atoms with van der Waals surface area (Å²) in [7, 11) is -4.10. The molecule has 0 spiro atoms. The second kappa shape index (κ2) is 10.0. The molecule has 7 nitrogen and oxygen atoms in total. The molecule has 0 aromatic carbocycles. The van der Waals surface area contributed by atoms with Gasteiger partial charge in [-0.15, -0.1) is 0 Å². The number of nitrogens with zero attached hydrogens (tertiary/aromatic N) is 1. The fraction of sp³-hybridized carbons (Fsp3) is 0.966.